The van der Waals surface area contributed by atoms with Gasteiger partial charge in [0, 0.05) is 11.4 Å². The van der Waals surface area contributed by atoms with Gasteiger partial charge in [0.2, 0.25) is 9.84 Å². The van der Waals surface area contributed by atoms with Crippen LogP contribution in [0.3, 0.4) is 0 Å². The summed E-state index contributed by atoms with van der Waals surface area (Å²) in [5.41, 5.74) is 8.43. The molecule has 0 saturated heterocycles. The molecule has 2 N–H and O–H groups in total. The summed E-state index contributed by atoms with van der Waals surface area (Å²) in [6.07, 6.45) is 0.764. The van der Waals surface area contributed by atoms with Gasteiger partial charge in [0.05, 0.1) is 4.90 Å². The molecule has 0 radical (unpaired) electrons. The first-order valence-corrected chi connectivity index (χ1v) is 6.77. The Morgan fingerprint density at radius 1 is 1.38 bits per heavy atom. The average Bonchev–Trinajstić information content (AvgIpc) is 2.36. The van der Waals surface area contributed by atoms with Crippen LogP contribution in [0.25, 0.3) is 5.57 Å². The maximum absolute atomic E-state index is 11.7. The van der Waals surface area contributed by atoms with Gasteiger partial charge in [0.1, 0.15) is 0 Å². The molecule has 0 aromatic heterocycles. The predicted octanol–water partition coefficient (Wildman–Crippen LogP) is 1.72. The van der Waals surface area contributed by atoms with E-state index in [4.69, 9.17) is 5.73 Å². The monoisotopic (exact) mass is 237 g/mol. The van der Waals surface area contributed by atoms with E-state index in [9.17, 15) is 8.42 Å². The minimum Gasteiger partial charge on any atom is -0.328 e. The van der Waals surface area contributed by atoms with Crippen LogP contribution in [0.4, 0.5) is 0 Å². The Hall–Kier alpha value is -1.13. The number of rotatable bonds is 2. The highest BCUT2D eigenvalue weighted by molar-refractivity contribution is 7.95. The molecule has 16 heavy (non-hydrogen) atoms. The number of fused-ring (bicyclic) bond motifs is 1. The molecule has 1 atom stereocenters. The van der Waals surface area contributed by atoms with Gasteiger partial charge < -0.3 is 5.73 Å². The summed E-state index contributed by atoms with van der Waals surface area (Å²) in [5.74, 6) is 0. The van der Waals surface area contributed by atoms with Crippen molar-refractivity contribution in [1.29, 1.82) is 0 Å². The summed E-state index contributed by atoms with van der Waals surface area (Å²) in [6.45, 7) is 3.76. The van der Waals surface area contributed by atoms with Crippen LogP contribution in [0.1, 0.15) is 25.0 Å². The summed E-state index contributed by atoms with van der Waals surface area (Å²) in [7, 11) is -3.19. The summed E-state index contributed by atoms with van der Waals surface area (Å²) >= 11 is 0. The highest BCUT2D eigenvalue weighted by Gasteiger charge is 2.24. The molecule has 1 heterocycles. The molecule has 0 amide bonds. The lowest BCUT2D eigenvalue weighted by atomic mass is 10.0. The first kappa shape index (κ1) is 11.4. The Bertz CT molecular complexity index is 556. The molecule has 1 aliphatic heterocycles. The van der Waals surface area contributed by atoms with E-state index in [1.165, 1.54) is 5.41 Å². The lowest BCUT2D eigenvalue weighted by molar-refractivity contribution is 0.605. The fourth-order valence-electron chi connectivity index (χ4n) is 1.99. The van der Waals surface area contributed by atoms with Crippen molar-refractivity contribution in [3.05, 3.63) is 34.7 Å². The van der Waals surface area contributed by atoms with Gasteiger partial charge in [0.25, 0.3) is 0 Å². The molecule has 1 aromatic rings. The van der Waals surface area contributed by atoms with Crippen molar-refractivity contribution >= 4 is 15.4 Å². The third kappa shape index (κ3) is 1.90. The van der Waals surface area contributed by atoms with E-state index in [1.807, 2.05) is 26.0 Å². The van der Waals surface area contributed by atoms with Gasteiger partial charge >= 0.3 is 0 Å². The van der Waals surface area contributed by atoms with Crippen molar-refractivity contribution in [3.8, 4) is 0 Å². The Balaban J connectivity index is 2.50. The van der Waals surface area contributed by atoms with Crippen molar-refractivity contribution in [3.63, 3.8) is 0 Å². The zero-order valence-corrected chi connectivity index (χ0v) is 10.2. The van der Waals surface area contributed by atoms with Crippen LogP contribution in [0, 0.1) is 0 Å². The fourth-order valence-corrected chi connectivity index (χ4v) is 3.50. The zero-order valence-electron chi connectivity index (χ0n) is 9.40. The lowest BCUT2D eigenvalue weighted by Crippen LogP contribution is -2.17. The third-order valence-corrected chi connectivity index (χ3v) is 4.30. The quantitative estimate of drug-likeness (QED) is 0.852. The SMILES string of the molecule is CC1=CS(=O)(=O)c2ccc(CC(C)N)cc21. The van der Waals surface area contributed by atoms with Crippen molar-refractivity contribution in [1.82, 2.24) is 0 Å². The molecule has 1 aromatic carbocycles. The van der Waals surface area contributed by atoms with Gasteiger partial charge in [0.15, 0.2) is 0 Å². The molecule has 1 unspecified atom stereocenters. The number of hydrogen-bond acceptors (Lipinski definition) is 3. The maximum atomic E-state index is 11.7. The van der Waals surface area contributed by atoms with Gasteiger partial charge in [-0.1, -0.05) is 12.1 Å². The van der Waals surface area contributed by atoms with Gasteiger partial charge in [-0.15, -0.1) is 0 Å². The Kier molecular flexibility index (Phi) is 2.64. The van der Waals surface area contributed by atoms with Crippen molar-refractivity contribution in [2.75, 3.05) is 0 Å². The standard InChI is InChI=1S/C12H15NO2S/c1-8-7-16(14,15)12-4-3-10(5-9(2)13)6-11(8)12/h3-4,6-7,9H,5,13H2,1-2H3. The van der Waals surface area contributed by atoms with Gasteiger partial charge in [-0.25, -0.2) is 8.42 Å². The number of benzene rings is 1. The summed E-state index contributed by atoms with van der Waals surface area (Å²) in [5, 5.41) is 1.33. The second-order valence-electron chi connectivity index (χ2n) is 4.36. The van der Waals surface area contributed by atoms with Crippen molar-refractivity contribution in [2.24, 2.45) is 5.73 Å². The normalized spacial score (nSPS) is 19.1. The molecule has 0 aliphatic carbocycles. The van der Waals surface area contributed by atoms with E-state index in [2.05, 4.69) is 0 Å². The summed E-state index contributed by atoms with van der Waals surface area (Å²) in [4.78, 5) is 0.415. The lowest BCUT2D eigenvalue weighted by Gasteiger charge is -2.07. The molecule has 4 heteroatoms. The van der Waals surface area contributed by atoms with E-state index in [0.717, 1.165) is 23.1 Å². The first-order valence-electron chi connectivity index (χ1n) is 5.22. The van der Waals surface area contributed by atoms with Gasteiger partial charge in [-0.05, 0) is 43.0 Å². The second-order valence-corrected chi connectivity index (χ2v) is 6.12. The van der Waals surface area contributed by atoms with Crippen LogP contribution >= 0.6 is 0 Å². The number of allylic oxidation sites excluding steroid dienone is 1. The second kappa shape index (κ2) is 3.71. The molecule has 0 saturated carbocycles. The number of nitrogens with two attached hydrogens (primary N) is 1. The topological polar surface area (TPSA) is 60.2 Å². The number of sulfone groups is 1. The highest BCUT2D eigenvalue weighted by atomic mass is 32.2. The highest BCUT2D eigenvalue weighted by Crippen LogP contribution is 2.33. The van der Waals surface area contributed by atoms with Crippen LogP contribution in [0.5, 0.6) is 0 Å². The Morgan fingerprint density at radius 3 is 2.69 bits per heavy atom. The molecule has 1 aliphatic rings. The fraction of sp³-hybridized carbons (Fsp3) is 0.333. The summed E-state index contributed by atoms with van der Waals surface area (Å²) < 4.78 is 23.4. The Labute approximate surface area is 95.9 Å². The van der Waals surface area contributed by atoms with Crippen LogP contribution in [-0.2, 0) is 16.3 Å². The molecule has 0 fully saturated rings. The van der Waals surface area contributed by atoms with E-state index in [0.29, 0.717) is 4.90 Å². The van der Waals surface area contributed by atoms with E-state index in [-0.39, 0.29) is 6.04 Å². The number of hydrogen-bond donors (Lipinski definition) is 1. The van der Waals surface area contributed by atoms with Crippen LogP contribution in [0.15, 0.2) is 28.5 Å². The first-order chi connectivity index (χ1) is 7.40. The minimum atomic E-state index is -3.19. The van der Waals surface area contributed by atoms with Crippen LogP contribution < -0.4 is 5.73 Å². The van der Waals surface area contributed by atoms with Crippen molar-refractivity contribution < 1.29 is 8.42 Å². The molecular formula is C12H15NO2S. The Morgan fingerprint density at radius 2 is 2.06 bits per heavy atom. The molecule has 0 bridgehead atoms. The largest absolute Gasteiger partial charge is 0.328 e. The van der Waals surface area contributed by atoms with Gasteiger partial charge in [-0.3, -0.25) is 0 Å². The molecular weight excluding hydrogens is 222 g/mol. The smallest absolute Gasteiger partial charge is 0.200 e. The van der Waals surface area contributed by atoms with Crippen LogP contribution in [-0.4, -0.2) is 14.5 Å². The predicted molar refractivity (Wildman–Crippen MR) is 64.6 cm³/mol. The van der Waals surface area contributed by atoms with Gasteiger partial charge in [-0.2, -0.15) is 0 Å². The maximum Gasteiger partial charge on any atom is 0.200 e. The van der Waals surface area contributed by atoms with E-state index < -0.39 is 9.84 Å². The minimum absolute atomic E-state index is 0.0837. The average molecular weight is 237 g/mol. The molecule has 0 spiro atoms. The van der Waals surface area contributed by atoms with E-state index in [1.54, 1.807) is 6.07 Å². The summed E-state index contributed by atoms with van der Waals surface area (Å²) in [6, 6.07) is 5.52. The third-order valence-electron chi connectivity index (χ3n) is 2.66. The molecule has 3 nitrogen and oxygen atoms in total. The zero-order chi connectivity index (χ0) is 11.9. The van der Waals surface area contributed by atoms with E-state index >= 15 is 0 Å². The van der Waals surface area contributed by atoms with Crippen molar-refractivity contribution in [2.45, 2.75) is 31.2 Å². The molecule has 2 rings (SSSR count). The van der Waals surface area contributed by atoms with Crippen LogP contribution in [0.2, 0.25) is 0 Å². The molecule has 86 valence electrons.